The second kappa shape index (κ2) is 6.88. The summed E-state index contributed by atoms with van der Waals surface area (Å²) in [6.07, 6.45) is 0.754. The first-order valence-electron chi connectivity index (χ1n) is 6.02. The number of rotatable bonds is 5. The molecule has 2 unspecified atom stereocenters. The average Bonchev–Trinajstić information content (AvgIpc) is 2.81. The standard InChI is InChI=1S/C14H15Br2NOS/c1-2-12(17)14(13-7-10(16)8-19-13)18-11-5-3-4-9(15)6-11/h3-8,12,14H,2,17H2,1H3. The molecular formula is C14H15Br2NOS. The van der Waals surface area contributed by atoms with Crippen LogP contribution in [0, 0.1) is 0 Å². The minimum Gasteiger partial charge on any atom is -0.483 e. The van der Waals surface area contributed by atoms with Crippen LogP contribution in [0.2, 0.25) is 0 Å². The fourth-order valence-corrected chi connectivity index (χ4v) is 3.66. The number of benzene rings is 1. The molecule has 2 aromatic rings. The zero-order valence-electron chi connectivity index (χ0n) is 10.5. The molecule has 0 radical (unpaired) electrons. The van der Waals surface area contributed by atoms with Crippen LogP contribution in [-0.2, 0) is 0 Å². The number of halogens is 2. The molecule has 1 heterocycles. The van der Waals surface area contributed by atoms with Gasteiger partial charge in [0.15, 0.2) is 0 Å². The van der Waals surface area contributed by atoms with Gasteiger partial charge in [-0.15, -0.1) is 11.3 Å². The molecule has 0 saturated carbocycles. The smallest absolute Gasteiger partial charge is 0.148 e. The Morgan fingerprint density at radius 1 is 1.26 bits per heavy atom. The van der Waals surface area contributed by atoms with E-state index in [1.165, 1.54) is 0 Å². The van der Waals surface area contributed by atoms with E-state index >= 15 is 0 Å². The van der Waals surface area contributed by atoms with Gasteiger partial charge in [0.1, 0.15) is 11.9 Å². The molecule has 5 heteroatoms. The van der Waals surface area contributed by atoms with E-state index in [1.54, 1.807) is 11.3 Å². The molecule has 2 rings (SSSR count). The fraction of sp³-hybridized carbons (Fsp3) is 0.286. The van der Waals surface area contributed by atoms with Gasteiger partial charge in [-0.3, -0.25) is 0 Å². The van der Waals surface area contributed by atoms with E-state index in [0.29, 0.717) is 0 Å². The third kappa shape index (κ3) is 4.05. The van der Waals surface area contributed by atoms with Crippen molar-refractivity contribution in [2.75, 3.05) is 0 Å². The fourth-order valence-electron chi connectivity index (χ4n) is 1.73. The van der Waals surface area contributed by atoms with Crippen molar-refractivity contribution in [3.05, 3.63) is 49.5 Å². The highest BCUT2D eigenvalue weighted by Gasteiger charge is 2.22. The largest absolute Gasteiger partial charge is 0.483 e. The summed E-state index contributed by atoms with van der Waals surface area (Å²) in [5, 5.41) is 2.05. The van der Waals surface area contributed by atoms with Crippen LogP contribution in [0.4, 0.5) is 0 Å². The van der Waals surface area contributed by atoms with Gasteiger partial charge in [0.2, 0.25) is 0 Å². The van der Waals surface area contributed by atoms with Gasteiger partial charge in [-0.25, -0.2) is 0 Å². The lowest BCUT2D eigenvalue weighted by molar-refractivity contribution is 0.174. The van der Waals surface area contributed by atoms with Crippen LogP contribution in [0.15, 0.2) is 44.7 Å². The highest BCUT2D eigenvalue weighted by atomic mass is 79.9. The van der Waals surface area contributed by atoms with Crippen molar-refractivity contribution in [1.82, 2.24) is 0 Å². The molecule has 19 heavy (non-hydrogen) atoms. The third-order valence-electron chi connectivity index (χ3n) is 2.79. The maximum absolute atomic E-state index is 6.20. The highest BCUT2D eigenvalue weighted by Crippen LogP contribution is 2.32. The number of nitrogens with two attached hydrogens (primary N) is 1. The van der Waals surface area contributed by atoms with Gasteiger partial charge in [0, 0.05) is 25.2 Å². The topological polar surface area (TPSA) is 35.2 Å². The predicted octanol–water partition coefficient (Wildman–Crippen LogP) is 5.13. The van der Waals surface area contributed by atoms with Crippen molar-refractivity contribution in [1.29, 1.82) is 0 Å². The molecule has 2 nitrogen and oxygen atoms in total. The van der Waals surface area contributed by atoms with Crippen molar-refractivity contribution >= 4 is 43.2 Å². The minimum atomic E-state index is -0.115. The summed E-state index contributed by atoms with van der Waals surface area (Å²) in [6, 6.07) is 9.88. The van der Waals surface area contributed by atoms with Crippen LogP contribution in [0.1, 0.15) is 24.3 Å². The molecule has 2 atom stereocenters. The molecule has 0 amide bonds. The highest BCUT2D eigenvalue weighted by molar-refractivity contribution is 9.10. The Hall–Kier alpha value is -0.360. The summed E-state index contributed by atoms with van der Waals surface area (Å²) >= 11 is 8.59. The summed E-state index contributed by atoms with van der Waals surface area (Å²) < 4.78 is 8.15. The maximum atomic E-state index is 6.20. The number of hydrogen-bond acceptors (Lipinski definition) is 3. The van der Waals surface area contributed by atoms with Crippen molar-refractivity contribution in [3.8, 4) is 5.75 Å². The van der Waals surface area contributed by atoms with Crippen molar-refractivity contribution < 1.29 is 4.74 Å². The van der Waals surface area contributed by atoms with Crippen LogP contribution in [0.5, 0.6) is 5.75 Å². The molecule has 1 aromatic carbocycles. The van der Waals surface area contributed by atoms with Gasteiger partial charge in [0.25, 0.3) is 0 Å². The lowest BCUT2D eigenvalue weighted by Gasteiger charge is -2.23. The van der Waals surface area contributed by atoms with E-state index in [0.717, 1.165) is 26.0 Å². The van der Waals surface area contributed by atoms with E-state index in [4.69, 9.17) is 10.5 Å². The Morgan fingerprint density at radius 3 is 2.63 bits per heavy atom. The molecule has 1 aromatic heterocycles. The van der Waals surface area contributed by atoms with Crippen LogP contribution in [-0.4, -0.2) is 6.04 Å². The molecule has 0 aliphatic heterocycles. The monoisotopic (exact) mass is 403 g/mol. The van der Waals surface area contributed by atoms with Gasteiger partial charge < -0.3 is 10.5 Å². The predicted molar refractivity (Wildman–Crippen MR) is 87.8 cm³/mol. The van der Waals surface area contributed by atoms with Gasteiger partial charge in [-0.05, 0) is 46.6 Å². The second-order valence-electron chi connectivity index (χ2n) is 4.24. The first-order chi connectivity index (χ1) is 9.10. The molecule has 0 bridgehead atoms. The number of ether oxygens (including phenoxy) is 1. The average molecular weight is 405 g/mol. The van der Waals surface area contributed by atoms with Gasteiger partial charge in [0.05, 0.1) is 0 Å². The van der Waals surface area contributed by atoms with Crippen molar-refractivity contribution in [2.24, 2.45) is 5.73 Å². The van der Waals surface area contributed by atoms with Crippen molar-refractivity contribution in [3.63, 3.8) is 0 Å². The summed E-state index contributed by atoms with van der Waals surface area (Å²) in [5.41, 5.74) is 6.20. The van der Waals surface area contributed by atoms with Crippen LogP contribution < -0.4 is 10.5 Å². The zero-order valence-corrected chi connectivity index (χ0v) is 14.5. The Kier molecular flexibility index (Phi) is 5.45. The molecule has 0 spiro atoms. The Bertz CT molecular complexity index is 544. The summed E-state index contributed by atoms with van der Waals surface area (Å²) in [5.74, 6) is 0.827. The van der Waals surface area contributed by atoms with E-state index in [9.17, 15) is 0 Å². The lowest BCUT2D eigenvalue weighted by atomic mass is 10.1. The van der Waals surface area contributed by atoms with Crippen LogP contribution >= 0.6 is 43.2 Å². The first kappa shape index (κ1) is 15.0. The van der Waals surface area contributed by atoms with Gasteiger partial charge >= 0.3 is 0 Å². The van der Waals surface area contributed by atoms with Crippen molar-refractivity contribution in [2.45, 2.75) is 25.5 Å². The molecular weight excluding hydrogens is 390 g/mol. The number of hydrogen-bond donors (Lipinski definition) is 1. The summed E-state index contributed by atoms with van der Waals surface area (Å²) in [6.45, 7) is 2.07. The normalized spacial score (nSPS) is 14.1. The van der Waals surface area contributed by atoms with E-state index in [2.05, 4.69) is 50.2 Å². The third-order valence-corrected chi connectivity index (χ3v) is 5.04. The molecule has 102 valence electrons. The van der Waals surface area contributed by atoms with E-state index in [1.807, 2.05) is 24.3 Å². The van der Waals surface area contributed by atoms with Crippen LogP contribution in [0.25, 0.3) is 0 Å². The second-order valence-corrected chi connectivity index (χ2v) is 7.01. The summed E-state index contributed by atoms with van der Waals surface area (Å²) in [7, 11) is 0. The molecule has 0 saturated heterocycles. The quantitative estimate of drug-likeness (QED) is 0.749. The summed E-state index contributed by atoms with van der Waals surface area (Å²) in [4.78, 5) is 1.14. The molecule has 0 aliphatic carbocycles. The maximum Gasteiger partial charge on any atom is 0.148 e. The van der Waals surface area contributed by atoms with E-state index < -0.39 is 0 Å². The van der Waals surface area contributed by atoms with Gasteiger partial charge in [-0.2, -0.15) is 0 Å². The SMILES string of the molecule is CCC(N)C(Oc1cccc(Br)c1)c1cc(Br)cs1. The molecule has 0 aliphatic rings. The molecule has 2 N–H and O–H groups in total. The van der Waals surface area contributed by atoms with Crippen LogP contribution in [0.3, 0.4) is 0 Å². The van der Waals surface area contributed by atoms with E-state index in [-0.39, 0.29) is 12.1 Å². The Labute approximate surface area is 134 Å². The lowest BCUT2D eigenvalue weighted by Crippen LogP contribution is -2.30. The minimum absolute atomic E-state index is 0.0236. The van der Waals surface area contributed by atoms with Gasteiger partial charge in [-0.1, -0.05) is 28.9 Å². The first-order valence-corrected chi connectivity index (χ1v) is 8.48. The number of thiophene rings is 1. The zero-order chi connectivity index (χ0) is 13.8. The molecule has 0 fully saturated rings. The Balaban J connectivity index is 2.24. The Morgan fingerprint density at radius 2 is 2.05 bits per heavy atom.